The second-order valence-corrected chi connectivity index (χ2v) is 7.12. The van der Waals surface area contributed by atoms with E-state index in [1.807, 2.05) is 24.3 Å². The normalized spacial score (nSPS) is 16.6. The summed E-state index contributed by atoms with van der Waals surface area (Å²) in [6.07, 6.45) is 4.59. The predicted octanol–water partition coefficient (Wildman–Crippen LogP) is 2.64. The molecule has 6 nitrogen and oxygen atoms in total. The van der Waals surface area contributed by atoms with E-state index in [-0.39, 0.29) is 5.91 Å². The molecule has 0 radical (unpaired) electrons. The van der Waals surface area contributed by atoms with E-state index in [2.05, 4.69) is 39.6 Å². The molecule has 150 valence electrons. The lowest BCUT2D eigenvalue weighted by Gasteiger charge is -2.34. The number of anilines is 1. The average molecular weight is 383 g/mol. The highest BCUT2D eigenvalue weighted by atomic mass is 16.5. The number of carbonyl (C=O) groups excluding carboxylic acids is 1. The number of nitrogens with one attached hydrogen (secondary N) is 2. The highest BCUT2D eigenvalue weighted by Crippen LogP contribution is 2.15. The zero-order chi connectivity index (χ0) is 19.8. The summed E-state index contributed by atoms with van der Waals surface area (Å²) in [4.78, 5) is 19.1. The van der Waals surface area contributed by atoms with E-state index >= 15 is 0 Å². The highest BCUT2D eigenvalue weighted by Gasteiger charge is 2.19. The maximum atomic E-state index is 12.3. The smallest absolute Gasteiger partial charge is 0.252 e. The first-order valence-electron chi connectivity index (χ1n) is 10.0. The summed E-state index contributed by atoms with van der Waals surface area (Å²) < 4.78 is 5.16. The second kappa shape index (κ2) is 10.1. The van der Waals surface area contributed by atoms with E-state index in [4.69, 9.17) is 4.74 Å². The minimum Gasteiger partial charge on any atom is -0.497 e. The quantitative estimate of drug-likeness (QED) is 0.687. The number of benzene rings is 1. The summed E-state index contributed by atoms with van der Waals surface area (Å²) in [6, 6.07) is 12.4. The van der Waals surface area contributed by atoms with E-state index in [0.717, 1.165) is 50.5 Å². The van der Waals surface area contributed by atoms with E-state index < -0.39 is 0 Å². The van der Waals surface area contributed by atoms with Gasteiger partial charge in [-0.3, -0.25) is 4.79 Å². The van der Waals surface area contributed by atoms with Crippen LogP contribution in [0.25, 0.3) is 0 Å². The highest BCUT2D eigenvalue weighted by molar-refractivity contribution is 5.94. The number of nitrogens with zero attached hydrogens (tertiary/aromatic N) is 2. The third-order valence-corrected chi connectivity index (χ3v) is 5.17. The Bertz CT molecular complexity index is 746. The number of piperazine rings is 1. The number of hydrogen-bond donors (Lipinski definition) is 2. The van der Waals surface area contributed by atoms with E-state index in [9.17, 15) is 4.79 Å². The maximum absolute atomic E-state index is 12.3. The molecule has 1 aliphatic rings. The fourth-order valence-corrected chi connectivity index (χ4v) is 3.40. The van der Waals surface area contributed by atoms with Crippen molar-refractivity contribution in [1.82, 2.24) is 15.6 Å². The molecule has 6 heteroatoms. The van der Waals surface area contributed by atoms with E-state index in [1.165, 1.54) is 5.56 Å². The fourth-order valence-electron chi connectivity index (χ4n) is 3.40. The second-order valence-electron chi connectivity index (χ2n) is 7.12. The minimum absolute atomic E-state index is 0.0690. The van der Waals surface area contributed by atoms with Crippen LogP contribution in [0.4, 0.5) is 5.82 Å². The summed E-state index contributed by atoms with van der Waals surface area (Å²) in [6.45, 7) is 5.71. The topological polar surface area (TPSA) is 66.5 Å². The van der Waals surface area contributed by atoms with Gasteiger partial charge in [0.15, 0.2) is 0 Å². The van der Waals surface area contributed by atoms with Gasteiger partial charge in [0.2, 0.25) is 0 Å². The molecule has 3 rings (SSSR count). The Hall–Kier alpha value is -2.60. The van der Waals surface area contributed by atoms with Gasteiger partial charge in [0, 0.05) is 38.4 Å². The number of methoxy groups -OCH3 is 1. The van der Waals surface area contributed by atoms with Gasteiger partial charge in [-0.25, -0.2) is 4.98 Å². The molecule has 1 amide bonds. The molecular weight excluding hydrogens is 352 g/mol. The summed E-state index contributed by atoms with van der Waals surface area (Å²) in [5.74, 6) is 1.73. The van der Waals surface area contributed by atoms with Crippen molar-refractivity contribution in [2.75, 3.05) is 38.2 Å². The van der Waals surface area contributed by atoms with Gasteiger partial charge in [-0.1, -0.05) is 19.1 Å². The summed E-state index contributed by atoms with van der Waals surface area (Å²) in [5, 5.41) is 6.48. The molecule has 0 unspecified atom stereocenters. The third-order valence-electron chi connectivity index (χ3n) is 5.17. The van der Waals surface area contributed by atoms with Gasteiger partial charge in [0.25, 0.3) is 5.91 Å². The Labute approximate surface area is 167 Å². The average Bonchev–Trinajstić information content (AvgIpc) is 2.77. The fraction of sp³-hybridized carbons (Fsp3) is 0.455. The molecule has 1 fully saturated rings. The van der Waals surface area contributed by atoms with Crippen LogP contribution in [0.2, 0.25) is 0 Å². The van der Waals surface area contributed by atoms with Gasteiger partial charge >= 0.3 is 0 Å². The molecule has 0 bridgehead atoms. The van der Waals surface area contributed by atoms with Crippen LogP contribution in [0.15, 0.2) is 42.6 Å². The molecule has 1 saturated heterocycles. The van der Waals surface area contributed by atoms with Crippen LogP contribution >= 0.6 is 0 Å². The molecule has 1 aromatic heterocycles. The Morgan fingerprint density at radius 1 is 1.29 bits per heavy atom. The molecule has 0 spiro atoms. The molecule has 2 aromatic rings. The van der Waals surface area contributed by atoms with Crippen LogP contribution in [-0.2, 0) is 6.42 Å². The molecule has 1 aromatic carbocycles. The Morgan fingerprint density at radius 2 is 2.11 bits per heavy atom. The lowest BCUT2D eigenvalue weighted by Crippen LogP contribution is -2.50. The van der Waals surface area contributed by atoms with Crippen LogP contribution < -0.4 is 20.3 Å². The SMILES string of the molecule is CC[C@@H]1CN(c2ccc(C(=O)NCCCc3ccc(OC)cc3)cn2)CCN1. The molecule has 0 aliphatic carbocycles. The minimum atomic E-state index is -0.0690. The van der Waals surface area contributed by atoms with Crippen LogP contribution in [0.3, 0.4) is 0 Å². The summed E-state index contributed by atoms with van der Waals surface area (Å²) in [5.41, 5.74) is 1.85. The van der Waals surface area contributed by atoms with Crippen LogP contribution in [0, 0.1) is 0 Å². The monoisotopic (exact) mass is 382 g/mol. The van der Waals surface area contributed by atoms with Crippen LogP contribution in [0.5, 0.6) is 5.75 Å². The first-order chi connectivity index (χ1) is 13.7. The molecule has 1 aliphatic heterocycles. The van der Waals surface area contributed by atoms with Crippen molar-refractivity contribution in [3.05, 3.63) is 53.7 Å². The number of hydrogen-bond acceptors (Lipinski definition) is 5. The van der Waals surface area contributed by atoms with Gasteiger partial charge in [-0.15, -0.1) is 0 Å². The standard InChI is InChI=1S/C22H30N4O2/c1-3-19-16-26(14-13-23-19)21-11-8-18(15-25-21)22(27)24-12-4-5-17-6-9-20(28-2)10-7-17/h6-11,15,19,23H,3-5,12-14,16H2,1-2H3,(H,24,27)/t19-/m1/s1. The van der Waals surface area contributed by atoms with Crippen molar-refractivity contribution in [3.63, 3.8) is 0 Å². The molecule has 0 saturated carbocycles. The number of aromatic nitrogens is 1. The van der Waals surface area contributed by atoms with Crippen molar-refractivity contribution in [2.45, 2.75) is 32.2 Å². The Morgan fingerprint density at radius 3 is 2.79 bits per heavy atom. The number of amides is 1. The first kappa shape index (κ1) is 20.1. The number of carbonyl (C=O) groups is 1. The Kier molecular flexibility index (Phi) is 7.25. The zero-order valence-electron chi connectivity index (χ0n) is 16.8. The van der Waals surface area contributed by atoms with Crippen molar-refractivity contribution in [3.8, 4) is 5.75 Å². The van der Waals surface area contributed by atoms with Gasteiger partial charge in [0.1, 0.15) is 11.6 Å². The molecular formula is C22H30N4O2. The van der Waals surface area contributed by atoms with Gasteiger partial charge in [0.05, 0.1) is 12.7 Å². The molecule has 2 heterocycles. The number of aryl methyl sites for hydroxylation is 1. The summed E-state index contributed by atoms with van der Waals surface area (Å²) >= 11 is 0. The lowest BCUT2D eigenvalue weighted by atomic mass is 10.1. The predicted molar refractivity (Wildman–Crippen MR) is 112 cm³/mol. The van der Waals surface area contributed by atoms with Crippen molar-refractivity contribution < 1.29 is 9.53 Å². The van der Waals surface area contributed by atoms with Crippen molar-refractivity contribution in [2.24, 2.45) is 0 Å². The molecule has 28 heavy (non-hydrogen) atoms. The van der Waals surface area contributed by atoms with Crippen LogP contribution in [-0.4, -0.2) is 50.2 Å². The van der Waals surface area contributed by atoms with Gasteiger partial charge in [-0.2, -0.15) is 0 Å². The number of ether oxygens (including phenoxy) is 1. The Balaban J connectivity index is 1.44. The molecule has 1 atom stereocenters. The van der Waals surface area contributed by atoms with Gasteiger partial charge in [-0.05, 0) is 49.1 Å². The zero-order valence-corrected chi connectivity index (χ0v) is 16.8. The van der Waals surface area contributed by atoms with Gasteiger partial charge < -0.3 is 20.3 Å². The third kappa shape index (κ3) is 5.45. The van der Waals surface area contributed by atoms with E-state index in [1.54, 1.807) is 13.3 Å². The van der Waals surface area contributed by atoms with Crippen molar-refractivity contribution in [1.29, 1.82) is 0 Å². The van der Waals surface area contributed by atoms with E-state index in [0.29, 0.717) is 18.2 Å². The lowest BCUT2D eigenvalue weighted by molar-refractivity contribution is 0.0953. The van der Waals surface area contributed by atoms with Crippen molar-refractivity contribution >= 4 is 11.7 Å². The largest absolute Gasteiger partial charge is 0.497 e. The number of pyridine rings is 1. The van der Waals surface area contributed by atoms with Crippen LogP contribution in [0.1, 0.15) is 35.7 Å². The molecule has 2 N–H and O–H groups in total. The first-order valence-corrected chi connectivity index (χ1v) is 10.0. The maximum Gasteiger partial charge on any atom is 0.252 e. The number of rotatable bonds is 8. The summed E-state index contributed by atoms with van der Waals surface area (Å²) in [7, 11) is 1.66.